The van der Waals surface area contributed by atoms with E-state index in [1.54, 1.807) is 36.5 Å². The second-order valence-electron chi connectivity index (χ2n) is 17.9. The zero-order valence-electron chi connectivity index (χ0n) is 41.4. The Bertz CT molecular complexity index is 2580. The number of carbonyl (C=O) groups is 8. The van der Waals surface area contributed by atoms with Crippen molar-refractivity contribution in [2.75, 3.05) is 26.2 Å². The van der Waals surface area contributed by atoms with Crippen LogP contribution in [0.3, 0.4) is 0 Å². The molecule has 8 amide bonds. The van der Waals surface area contributed by atoms with E-state index < -0.39 is 83.5 Å². The lowest BCUT2D eigenvalue weighted by molar-refractivity contribution is -0.135. The van der Waals surface area contributed by atoms with E-state index in [0.717, 1.165) is 16.5 Å². The molecule has 6 atom stereocenters. The smallest absolute Gasteiger partial charge is 0.243 e. The number of aliphatic imine (C=N–C) groups is 2. The number of imidazole rings is 1. The van der Waals surface area contributed by atoms with Crippen molar-refractivity contribution < 1.29 is 38.4 Å². The molecule has 0 saturated carbocycles. The summed E-state index contributed by atoms with van der Waals surface area (Å²) in [6.07, 6.45) is 5.40. The highest BCUT2D eigenvalue weighted by Crippen LogP contribution is 2.20. The first-order chi connectivity index (χ1) is 35.6. The van der Waals surface area contributed by atoms with Crippen LogP contribution in [0.1, 0.15) is 75.1 Å². The second-order valence-corrected chi connectivity index (χ2v) is 17.9. The number of para-hydroxylation sites is 1. The van der Waals surface area contributed by atoms with Crippen molar-refractivity contribution in [3.05, 3.63) is 90.1 Å². The van der Waals surface area contributed by atoms with Crippen molar-refractivity contribution in [3.8, 4) is 0 Å². The molecule has 0 unspecified atom stereocenters. The van der Waals surface area contributed by atoms with Gasteiger partial charge in [-0.25, -0.2) is 4.98 Å². The largest absolute Gasteiger partial charge is 0.370 e. The molecule has 25 heteroatoms. The van der Waals surface area contributed by atoms with E-state index in [9.17, 15) is 38.4 Å². The molecule has 398 valence electrons. The summed E-state index contributed by atoms with van der Waals surface area (Å²) in [7, 11) is 0. The van der Waals surface area contributed by atoms with Crippen molar-refractivity contribution in [1.82, 2.24) is 57.5 Å². The number of benzene rings is 2. The number of nitrogens with zero attached hydrogens (tertiary/aromatic N) is 3. The molecule has 25 nitrogen and oxygen atoms in total. The molecule has 0 radical (unpaired) electrons. The molecule has 5 rings (SSSR count). The first-order valence-electron chi connectivity index (χ1n) is 24.6. The highest BCUT2D eigenvalue weighted by atomic mass is 16.2. The minimum absolute atomic E-state index is 0.0121. The zero-order valence-corrected chi connectivity index (χ0v) is 41.4. The number of nitrogens with two attached hydrogens (primary N) is 4. The highest BCUT2D eigenvalue weighted by Gasteiger charge is 2.34. The molecule has 4 aromatic rings. The van der Waals surface area contributed by atoms with E-state index in [1.165, 1.54) is 19.4 Å². The molecule has 1 saturated heterocycles. The number of nitrogens with one attached hydrogen (secondary N) is 10. The van der Waals surface area contributed by atoms with Crippen molar-refractivity contribution in [3.63, 3.8) is 0 Å². The van der Waals surface area contributed by atoms with E-state index in [-0.39, 0.29) is 95.9 Å². The SMILES string of the molecule is CC(=O)N[C@@H](CCCN=C(N)N)C(=O)N[C@H]1CCC(=O)NCCCCNC(=O)[C@H](Cc2c[nH]c3ccccc23)NC(=O)[C@H](CCCN=C(N)N)NC(=O)[C@@H](Cc2ccccc2)NC(=O)[C@H](Cc2cnc[nH]2)NC1=O. The third kappa shape index (κ3) is 18.9. The minimum atomic E-state index is -1.42. The van der Waals surface area contributed by atoms with Crippen molar-refractivity contribution in [2.45, 2.75) is 114 Å². The first-order valence-corrected chi connectivity index (χ1v) is 24.6. The van der Waals surface area contributed by atoms with Gasteiger partial charge >= 0.3 is 0 Å². The number of fused-ring (bicyclic) bond motifs is 1. The van der Waals surface area contributed by atoms with Crippen molar-refractivity contribution in [2.24, 2.45) is 32.9 Å². The normalized spacial score (nSPS) is 20.3. The fourth-order valence-corrected chi connectivity index (χ4v) is 8.21. The number of rotatable bonds is 17. The van der Waals surface area contributed by atoms with Crippen LogP contribution in [0.5, 0.6) is 0 Å². The van der Waals surface area contributed by atoms with Gasteiger partial charge in [-0.15, -0.1) is 0 Å². The third-order valence-corrected chi connectivity index (χ3v) is 12.0. The summed E-state index contributed by atoms with van der Waals surface area (Å²) in [6, 6.07) is 8.58. The van der Waals surface area contributed by atoms with Gasteiger partial charge in [-0.2, -0.15) is 0 Å². The predicted molar refractivity (Wildman–Crippen MR) is 276 cm³/mol. The van der Waals surface area contributed by atoms with Crippen LogP contribution >= 0.6 is 0 Å². The van der Waals surface area contributed by atoms with E-state index in [1.807, 2.05) is 24.3 Å². The molecule has 3 heterocycles. The maximum absolute atomic E-state index is 14.7. The number of carbonyl (C=O) groups excluding carboxylic acids is 8. The van der Waals surface area contributed by atoms with Gasteiger partial charge in [0, 0.05) is 87.8 Å². The lowest BCUT2D eigenvalue weighted by atomic mass is 10.0. The Morgan fingerprint density at radius 3 is 1.99 bits per heavy atom. The molecule has 74 heavy (non-hydrogen) atoms. The molecule has 1 fully saturated rings. The Morgan fingerprint density at radius 2 is 1.31 bits per heavy atom. The molecule has 0 spiro atoms. The predicted octanol–water partition coefficient (Wildman–Crippen LogP) is -2.24. The van der Waals surface area contributed by atoms with E-state index >= 15 is 0 Å². The molecule has 18 N–H and O–H groups in total. The Hall–Kier alpha value is -8.51. The highest BCUT2D eigenvalue weighted by molar-refractivity contribution is 5.97. The molecular formula is C49H69N17O8. The maximum atomic E-state index is 14.7. The number of hydrogen-bond donors (Lipinski definition) is 14. The van der Waals surface area contributed by atoms with Gasteiger partial charge in [-0.1, -0.05) is 48.5 Å². The van der Waals surface area contributed by atoms with Gasteiger partial charge in [0.15, 0.2) is 11.9 Å². The third-order valence-electron chi connectivity index (χ3n) is 12.0. The van der Waals surface area contributed by atoms with Crippen LogP contribution in [0, 0.1) is 0 Å². The molecule has 1 aliphatic rings. The number of hydrogen-bond acceptors (Lipinski definition) is 11. The van der Waals surface area contributed by atoms with Crippen LogP contribution < -0.4 is 65.5 Å². The van der Waals surface area contributed by atoms with Crippen LogP contribution in [0.25, 0.3) is 10.9 Å². The lowest BCUT2D eigenvalue weighted by Crippen LogP contribution is -2.60. The lowest BCUT2D eigenvalue weighted by Gasteiger charge is -2.28. The number of guanidine groups is 2. The molecule has 2 aromatic carbocycles. The average Bonchev–Trinajstić information content (AvgIpc) is 4.04. The summed E-state index contributed by atoms with van der Waals surface area (Å²) in [6.45, 7) is 1.87. The Morgan fingerprint density at radius 1 is 0.703 bits per heavy atom. The van der Waals surface area contributed by atoms with Gasteiger partial charge < -0.3 is 75.4 Å². The minimum Gasteiger partial charge on any atom is -0.370 e. The molecule has 2 aromatic heterocycles. The van der Waals surface area contributed by atoms with Gasteiger partial charge in [0.05, 0.1) is 6.33 Å². The van der Waals surface area contributed by atoms with Gasteiger partial charge in [-0.05, 0) is 62.1 Å². The summed E-state index contributed by atoms with van der Waals surface area (Å²) in [5.41, 5.74) is 24.7. The summed E-state index contributed by atoms with van der Waals surface area (Å²) in [5, 5.41) is 23.0. The average molecular weight is 1020 g/mol. The molecular weight excluding hydrogens is 955 g/mol. The van der Waals surface area contributed by atoms with Crippen molar-refractivity contribution >= 4 is 70.1 Å². The number of H-pyrrole nitrogens is 2. The van der Waals surface area contributed by atoms with E-state index in [4.69, 9.17) is 22.9 Å². The number of amides is 8. The van der Waals surface area contributed by atoms with Crippen LogP contribution in [0.2, 0.25) is 0 Å². The standard InChI is InChI=1S/C49H69N17O8/c1-29(67)61-35(15-9-21-57-48(50)51)43(70)63-37-17-18-41(68)55-19-7-8-20-56-42(69)39(24-31-26-59-34-14-6-5-13-33(31)34)65-44(71)36(16-10-22-58-49(52)53)62-46(73)38(23-30-11-3-2-4-12-30)64-47(74)40(66-45(37)72)25-32-27-54-28-60-32/h2-6,11-14,26-28,35-40,59H,7-10,15-25H2,1H3,(H,54,60)(H,55,68)(H,56,69)(H,61,67)(H,62,73)(H,63,70)(H,64,74)(H,65,71)(H,66,72)(H4,50,51,57)(H4,52,53,58)/t35-,36-,37-,38+,39-,40-/m0/s1. The van der Waals surface area contributed by atoms with Gasteiger partial charge in [0.1, 0.15) is 36.3 Å². The van der Waals surface area contributed by atoms with Crippen molar-refractivity contribution in [1.29, 1.82) is 0 Å². The van der Waals surface area contributed by atoms with Crippen LogP contribution in [-0.4, -0.2) is 137 Å². The fourth-order valence-electron chi connectivity index (χ4n) is 8.21. The Kier molecular flexibility index (Phi) is 22.2. The van der Waals surface area contributed by atoms with Gasteiger partial charge in [-0.3, -0.25) is 48.3 Å². The first kappa shape index (κ1) is 56.4. The number of aromatic nitrogens is 3. The monoisotopic (exact) mass is 1020 g/mol. The van der Waals surface area contributed by atoms with E-state index in [2.05, 4.69) is 67.5 Å². The summed E-state index contributed by atoms with van der Waals surface area (Å²) >= 11 is 0. The molecule has 0 aliphatic carbocycles. The second kappa shape index (κ2) is 29.1. The fraction of sp³-hybridized carbons (Fsp3) is 0.449. The summed E-state index contributed by atoms with van der Waals surface area (Å²) in [4.78, 5) is 130. The van der Waals surface area contributed by atoms with Crippen LogP contribution in [-0.2, 0) is 57.6 Å². The molecule has 0 bridgehead atoms. The van der Waals surface area contributed by atoms with Gasteiger partial charge in [0.2, 0.25) is 47.3 Å². The van der Waals surface area contributed by atoms with Gasteiger partial charge in [0.25, 0.3) is 0 Å². The van der Waals surface area contributed by atoms with Crippen LogP contribution in [0.15, 0.2) is 83.3 Å². The molecule has 1 aliphatic heterocycles. The number of aromatic amines is 2. The summed E-state index contributed by atoms with van der Waals surface area (Å²) < 4.78 is 0. The van der Waals surface area contributed by atoms with E-state index in [0.29, 0.717) is 24.1 Å². The van der Waals surface area contributed by atoms with Crippen LogP contribution in [0.4, 0.5) is 0 Å². The Balaban J connectivity index is 1.50. The topological polar surface area (TPSA) is 406 Å². The Labute approximate surface area is 427 Å². The quantitative estimate of drug-likeness (QED) is 0.0303. The maximum Gasteiger partial charge on any atom is 0.243 e. The summed E-state index contributed by atoms with van der Waals surface area (Å²) in [5.74, 6) is -5.70. The zero-order chi connectivity index (χ0) is 53.4.